The summed E-state index contributed by atoms with van der Waals surface area (Å²) in [5, 5.41) is 2.54. The van der Waals surface area contributed by atoms with Gasteiger partial charge in [0, 0.05) is 4.47 Å². The van der Waals surface area contributed by atoms with Crippen LogP contribution in [0.1, 0.15) is 12.5 Å². The summed E-state index contributed by atoms with van der Waals surface area (Å²) < 4.78 is 1.17. The zero-order valence-corrected chi connectivity index (χ0v) is 9.58. The second kappa shape index (κ2) is 3.97. The molecule has 0 aromatic heterocycles. The largest absolute Gasteiger partial charge is 0.0870 e. The first-order valence-corrected chi connectivity index (χ1v) is 5.42. The third-order valence-corrected chi connectivity index (χ3v) is 3.12. The lowest BCUT2D eigenvalue weighted by molar-refractivity contribution is 1.64. The van der Waals surface area contributed by atoms with Crippen molar-refractivity contribution in [2.24, 2.45) is 0 Å². The Labute approximate surface area is 92.4 Å². The van der Waals surface area contributed by atoms with E-state index in [-0.39, 0.29) is 0 Å². The molecule has 0 spiro atoms. The highest BCUT2D eigenvalue weighted by Gasteiger charge is 2.00. The van der Waals surface area contributed by atoms with Crippen LogP contribution < -0.4 is 0 Å². The highest BCUT2D eigenvalue weighted by Crippen LogP contribution is 2.28. The molecule has 0 fully saturated rings. The van der Waals surface area contributed by atoms with E-state index < -0.39 is 0 Å². The maximum absolute atomic E-state index is 3.63. The van der Waals surface area contributed by atoms with Gasteiger partial charge in [0.25, 0.3) is 0 Å². The Morgan fingerprint density at radius 3 is 2.64 bits per heavy atom. The number of allylic oxidation sites excluding steroid dienone is 1. The maximum Gasteiger partial charge on any atom is 0.0326 e. The van der Waals surface area contributed by atoms with Gasteiger partial charge in [-0.2, -0.15) is 0 Å². The molecule has 0 nitrogen and oxygen atoms in total. The molecular formula is C13H11Br. The lowest BCUT2D eigenvalue weighted by Crippen LogP contribution is -1.78. The van der Waals surface area contributed by atoms with Crippen molar-refractivity contribution in [1.82, 2.24) is 0 Å². The summed E-state index contributed by atoms with van der Waals surface area (Å²) in [7, 11) is 0. The molecular weight excluding hydrogens is 236 g/mol. The molecule has 0 amide bonds. The first kappa shape index (κ1) is 9.47. The van der Waals surface area contributed by atoms with Crippen molar-refractivity contribution in [3.05, 3.63) is 52.5 Å². The Morgan fingerprint density at radius 1 is 1.07 bits per heavy atom. The third kappa shape index (κ3) is 1.60. The summed E-state index contributed by atoms with van der Waals surface area (Å²) in [5.41, 5.74) is 1.23. The van der Waals surface area contributed by atoms with Crippen molar-refractivity contribution >= 4 is 32.8 Å². The predicted octanol–water partition coefficient (Wildman–Crippen LogP) is 4.64. The molecule has 2 aromatic carbocycles. The summed E-state index contributed by atoms with van der Waals surface area (Å²) in [4.78, 5) is 0. The van der Waals surface area contributed by atoms with E-state index in [9.17, 15) is 0 Å². The van der Waals surface area contributed by atoms with E-state index in [4.69, 9.17) is 0 Å². The standard InChI is InChI=1S/C13H11Br/c1-2-5-11-9-8-10-6-3-4-7-12(10)13(11)14/h2-9H,1H3/b5-2-. The van der Waals surface area contributed by atoms with Crippen LogP contribution in [0.25, 0.3) is 16.8 Å². The Hall–Kier alpha value is -1.08. The van der Waals surface area contributed by atoms with Gasteiger partial charge in [0.1, 0.15) is 0 Å². The number of benzene rings is 2. The van der Waals surface area contributed by atoms with E-state index in [1.807, 2.05) is 6.92 Å². The van der Waals surface area contributed by atoms with Crippen LogP contribution >= 0.6 is 15.9 Å². The summed E-state index contributed by atoms with van der Waals surface area (Å²) in [5.74, 6) is 0. The minimum absolute atomic E-state index is 1.17. The van der Waals surface area contributed by atoms with Gasteiger partial charge in [-0.3, -0.25) is 0 Å². The van der Waals surface area contributed by atoms with Crippen LogP contribution in [-0.2, 0) is 0 Å². The van der Waals surface area contributed by atoms with Crippen molar-refractivity contribution in [2.75, 3.05) is 0 Å². The highest BCUT2D eigenvalue weighted by molar-refractivity contribution is 9.10. The van der Waals surface area contributed by atoms with E-state index in [1.54, 1.807) is 0 Å². The van der Waals surface area contributed by atoms with E-state index in [0.717, 1.165) is 0 Å². The van der Waals surface area contributed by atoms with Crippen LogP contribution in [0.3, 0.4) is 0 Å². The molecule has 0 aliphatic carbocycles. The Morgan fingerprint density at radius 2 is 1.86 bits per heavy atom. The van der Waals surface area contributed by atoms with Crippen molar-refractivity contribution in [3.8, 4) is 0 Å². The van der Waals surface area contributed by atoms with Crippen LogP contribution in [0.15, 0.2) is 46.9 Å². The fourth-order valence-corrected chi connectivity index (χ4v) is 2.18. The lowest BCUT2D eigenvalue weighted by atomic mass is 10.1. The molecule has 1 heteroatoms. The fourth-order valence-electron chi connectivity index (χ4n) is 1.56. The van der Waals surface area contributed by atoms with Crippen molar-refractivity contribution in [1.29, 1.82) is 0 Å². The second-order valence-corrected chi connectivity index (χ2v) is 3.98. The van der Waals surface area contributed by atoms with E-state index >= 15 is 0 Å². The van der Waals surface area contributed by atoms with Gasteiger partial charge < -0.3 is 0 Å². The van der Waals surface area contributed by atoms with E-state index in [1.165, 1.54) is 20.8 Å². The topological polar surface area (TPSA) is 0 Å². The molecule has 0 saturated carbocycles. The van der Waals surface area contributed by atoms with Gasteiger partial charge in [0.15, 0.2) is 0 Å². The smallest absolute Gasteiger partial charge is 0.0326 e. The number of hydrogen-bond acceptors (Lipinski definition) is 0. The van der Waals surface area contributed by atoms with Crippen LogP contribution in [0, 0.1) is 0 Å². The lowest BCUT2D eigenvalue weighted by Gasteiger charge is -2.03. The van der Waals surface area contributed by atoms with Gasteiger partial charge in [-0.25, -0.2) is 0 Å². The number of hydrogen-bond donors (Lipinski definition) is 0. The zero-order valence-electron chi connectivity index (χ0n) is 8.00. The minimum atomic E-state index is 1.17. The van der Waals surface area contributed by atoms with E-state index in [2.05, 4.69) is 64.5 Å². The Kier molecular flexibility index (Phi) is 2.69. The highest BCUT2D eigenvalue weighted by atomic mass is 79.9. The first-order valence-electron chi connectivity index (χ1n) is 4.63. The summed E-state index contributed by atoms with van der Waals surface area (Å²) in [6.07, 6.45) is 4.16. The van der Waals surface area contributed by atoms with Crippen molar-refractivity contribution in [3.63, 3.8) is 0 Å². The monoisotopic (exact) mass is 246 g/mol. The quantitative estimate of drug-likeness (QED) is 0.688. The molecule has 0 N–H and O–H groups in total. The van der Waals surface area contributed by atoms with Gasteiger partial charge in [0.2, 0.25) is 0 Å². The van der Waals surface area contributed by atoms with E-state index in [0.29, 0.717) is 0 Å². The molecule has 14 heavy (non-hydrogen) atoms. The van der Waals surface area contributed by atoms with Gasteiger partial charge in [-0.1, -0.05) is 48.6 Å². The van der Waals surface area contributed by atoms with Gasteiger partial charge >= 0.3 is 0 Å². The van der Waals surface area contributed by atoms with Crippen LogP contribution in [0.2, 0.25) is 0 Å². The normalized spacial score (nSPS) is 11.3. The molecule has 2 rings (SSSR count). The number of fused-ring (bicyclic) bond motifs is 1. The second-order valence-electron chi connectivity index (χ2n) is 3.19. The zero-order chi connectivity index (χ0) is 9.97. The average molecular weight is 247 g/mol. The minimum Gasteiger partial charge on any atom is -0.0870 e. The molecule has 0 aliphatic heterocycles. The maximum atomic E-state index is 3.63. The molecule has 0 bridgehead atoms. The van der Waals surface area contributed by atoms with Crippen molar-refractivity contribution < 1.29 is 0 Å². The Balaban J connectivity index is 2.75. The molecule has 0 saturated heterocycles. The molecule has 0 unspecified atom stereocenters. The molecule has 70 valence electrons. The first-order chi connectivity index (χ1) is 6.83. The van der Waals surface area contributed by atoms with Crippen LogP contribution in [-0.4, -0.2) is 0 Å². The SMILES string of the molecule is C/C=C\c1ccc2ccccc2c1Br. The van der Waals surface area contributed by atoms with Gasteiger partial charge in [0.05, 0.1) is 0 Å². The Bertz CT molecular complexity index is 484. The van der Waals surface area contributed by atoms with Gasteiger partial charge in [-0.15, -0.1) is 0 Å². The molecule has 2 aromatic rings. The average Bonchev–Trinajstić information content (AvgIpc) is 2.23. The molecule has 0 heterocycles. The summed E-state index contributed by atoms with van der Waals surface area (Å²) in [6, 6.07) is 12.7. The predicted molar refractivity (Wildman–Crippen MR) is 66.4 cm³/mol. The van der Waals surface area contributed by atoms with Gasteiger partial charge in [-0.05, 0) is 39.2 Å². The fraction of sp³-hybridized carbons (Fsp3) is 0.0769. The molecule has 0 radical (unpaired) electrons. The summed E-state index contributed by atoms with van der Waals surface area (Å²) in [6.45, 7) is 2.03. The summed E-state index contributed by atoms with van der Waals surface area (Å²) >= 11 is 3.63. The van der Waals surface area contributed by atoms with Crippen molar-refractivity contribution in [2.45, 2.75) is 6.92 Å². The molecule has 0 aliphatic rings. The molecule has 0 atom stereocenters. The number of halogens is 1. The third-order valence-electron chi connectivity index (χ3n) is 2.24. The van der Waals surface area contributed by atoms with Crippen LogP contribution in [0.4, 0.5) is 0 Å². The number of rotatable bonds is 1. The van der Waals surface area contributed by atoms with Crippen LogP contribution in [0.5, 0.6) is 0 Å².